The van der Waals surface area contributed by atoms with Crippen LogP contribution in [0.15, 0.2) is 24.3 Å². The van der Waals surface area contributed by atoms with Gasteiger partial charge in [0.15, 0.2) is 5.78 Å². The summed E-state index contributed by atoms with van der Waals surface area (Å²) in [5.74, 6) is 0.631. The van der Waals surface area contributed by atoms with E-state index in [1.165, 1.54) is 0 Å². The van der Waals surface area contributed by atoms with Crippen LogP contribution in [0.1, 0.15) is 16.8 Å². The molecule has 1 spiro atoms. The third-order valence-electron chi connectivity index (χ3n) is 2.92. The van der Waals surface area contributed by atoms with Crippen molar-refractivity contribution in [1.82, 2.24) is 5.12 Å². The van der Waals surface area contributed by atoms with Crippen molar-refractivity contribution < 1.29 is 14.0 Å². The summed E-state index contributed by atoms with van der Waals surface area (Å²) in [4.78, 5) is 11.8. The molecule has 0 amide bonds. The van der Waals surface area contributed by atoms with E-state index in [-0.39, 0.29) is 37.7 Å². The Balaban J connectivity index is 0.000000963. The monoisotopic (exact) mass is 243 g/mol. The van der Waals surface area contributed by atoms with E-state index in [9.17, 15) is 9.28 Å². The van der Waals surface area contributed by atoms with Crippen LogP contribution in [0.2, 0.25) is 0 Å². The second-order valence-electron chi connectivity index (χ2n) is 4.16. The van der Waals surface area contributed by atoms with Crippen LogP contribution in [-0.2, 0) is 0 Å². The molecule has 86 valence electrons. The number of nitrogens with zero attached hydrogens (tertiary/aromatic N) is 1. The highest BCUT2D eigenvalue weighted by Crippen LogP contribution is 2.38. The van der Waals surface area contributed by atoms with Crippen LogP contribution in [0.5, 0.6) is 5.75 Å². The third-order valence-corrected chi connectivity index (χ3v) is 2.92. The molecule has 0 bridgehead atoms. The molecule has 0 radical (unpaired) electrons. The minimum Gasteiger partial charge on any atom is -0.483 e. The lowest BCUT2D eigenvalue weighted by Gasteiger charge is -2.46. The van der Waals surface area contributed by atoms with Gasteiger partial charge in [0.2, 0.25) is 0 Å². The van der Waals surface area contributed by atoms with Gasteiger partial charge in [0.05, 0.1) is 25.1 Å². The highest BCUT2D eigenvalue weighted by atomic mass is 35.5. The number of para-hydroxylation sites is 1. The van der Waals surface area contributed by atoms with Crippen molar-refractivity contribution in [1.29, 1.82) is 0 Å². The maximum absolute atomic E-state index is 12.7. The zero-order chi connectivity index (χ0) is 10.5. The molecule has 1 saturated heterocycles. The lowest BCUT2D eigenvalue weighted by molar-refractivity contribution is -0.170. The first-order valence-electron chi connectivity index (χ1n) is 4.91. The van der Waals surface area contributed by atoms with E-state index in [4.69, 9.17) is 4.74 Å². The van der Waals surface area contributed by atoms with Gasteiger partial charge in [-0.2, -0.15) is 0 Å². The van der Waals surface area contributed by atoms with Crippen LogP contribution in [0.25, 0.3) is 0 Å². The molecule has 3 nitrogen and oxygen atoms in total. The van der Waals surface area contributed by atoms with Crippen molar-refractivity contribution in [2.75, 3.05) is 13.1 Å². The average Bonchev–Trinajstić information content (AvgIpc) is 2.16. The van der Waals surface area contributed by atoms with E-state index >= 15 is 0 Å². The van der Waals surface area contributed by atoms with Crippen LogP contribution in [0.4, 0.5) is 4.48 Å². The van der Waals surface area contributed by atoms with E-state index < -0.39 is 5.60 Å². The number of hydrogen-bond donors (Lipinski definition) is 0. The molecule has 0 atom stereocenters. The lowest BCUT2D eigenvalue weighted by atomic mass is 9.85. The van der Waals surface area contributed by atoms with Gasteiger partial charge in [0.25, 0.3) is 0 Å². The largest absolute Gasteiger partial charge is 0.483 e. The molecule has 0 aromatic heterocycles. The van der Waals surface area contributed by atoms with E-state index in [2.05, 4.69) is 0 Å². The summed E-state index contributed by atoms with van der Waals surface area (Å²) in [5.41, 5.74) is 0.000586. The first-order valence-corrected chi connectivity index (χ1v) is 4.91. The van der Waals surface area contributed by atoms with Gasteiger partial charge in [-0.3, -0.25) is 4.79 Å². The van der Waals surface area contributed by atoms with Crippen LogP contribution >= 0.6 is 12.4 Å². The first kappa shape index (κ1) is 11.4. The predicted molar refractivity (Wildman–Crippen MR) is 58.7 cm³/mol. The van der Waals surface area contributed by atoms with Gasteiger partial charge in [-0.15, -0.1) is 22.0 Å². The Bertz CT molecular complexity index is 432. The van der Waals surface area contributed by atoms with Gasteiger partial charge in [0.1, 0.15) is 11.4 Å². The summed E-state index contributed by atoms with van der Waals surface area (Å²) < 4.78 is 18.4. The Labute approximate surface area is 98.5 Å². The number of ether oxygens (including phenoxy) is 1. The number of fused-ring (bicyclic) bond motifs is 1. The first-order chi connectivity index (χ1) is 7.19. The van der Waals surface area contributed by atoms with Gasteiger partial charge in [0, 0.05) is 0 Å². The van der Waals surface area contributed by atoms with E-state index in [0.29, 0.717) is 16.4 Å². The molecular weight excluding hydrogens is 233 g/mol. The van der Waals surface area contributed by atoms with Gasteiger partial charge in [-0.25, -0.2) is 0 Å². The Morgan fingerprint density at radius 1 is 1.31 bits per heavy atom. The fourth-order valence-corrected chi connectivity index (χ4v) is 2.20. The van der Waals surface area contributed by atoms with Crippen molar-refractivity contribution in [3.63, 3.8) is 0 Å². The summed E-state index contributed by atoms with van der Waals surface area (Å²) in [6.45, 7) is 0.375. The molecule has 0 saturated carbocycles. The number of benzene rings is 1. The molecule has 0 N–H and O–H groups in total. The van der Waals surface area contributed by atoms with Crippen LogP contribution in [0.3, 0.4) is 0 Å². The summed E-state index contributed by atoms with van der Waals surface area (Å²) in [6.07, 6.45) is 0.282. The fraction of sp³-hybridized carbons (Fsp3) is 0.364. The number of Topliss-reactive ketones (excluding diaryl/α,β-unsaturated/α-hetero) is 1. The second-order valence-corrected chi connectivity index (χ2v) is 4.16. The molecule has 5 heteroatoms. The topological polar surface area (TPSA) is 29.5 Å². The number of carbonyl (C=O) groups is 1. The molecule has 2 aliphatic heterocycles. The third kappa shape index (κ3) is 1.58. The quantitative estimate of drug-likeness (QED) is 0.653. The standard InChI is InChI=1S/C11H10FNO2.ClH/c12-13-6-11(7-13)5-9(14)8-3-1-2-4-10(8)15-11;/h1-4H,5-7H2;1H. The fourth-order valence-electron chi connectivity index (χ4n) is 2.20. The molecule has 2 heterocycles. The molecule has 0 unspecified atom stereocenters. The molecule has 1 aromatic carbocycles. The van der Waals surface area contributed by atoms with Gasteiger partial charge in [-0.05, 0) is 12.1 Å². The predicted octanol–water partition coefficient (Wildman–Crippen LogP) is 2.01. The summed E-state index contributed by atoms with van der Waals surface area (Å²) in [5, 5.41) is 0.668. The molecule has 16 heavy (non-hydrogen) atoms. The summed E-state index contributed by atoms with van der Waals surface area (Å²) in [6, 6.07) is 7.13. The van der Waals surface area contributed by atoms with E-state index in [1.807, 2.05) is 6.07 Å². The van der Waals surface area contributed by atoms with Gasteiger partial charge >= 0.3 is 0 Å². The number of rotatable bonds is 0. The lowest BCUT2D eigenvalue weighted by Crippen LogP contribution is -2.64. The maximum Gasteiger partial charge on any atom is 0.170 e. The van der Waals surface area contributed by atoms with Crippen LogP contribution < -0.4 is 4.74 Å². The minimum absolute atomic E-state index is 0. The summed E-state index contributed by atoms with van der Waals surface area (Å²) in [7, 11) is 0. The average molecular weight is 244 g/mol. The Hall–Kier alpha value is -1.13. The highest BCUT2D eigenvalue weighted by molar-refractivity contribution is 6.00. The van der Waals surface area contributed by atoms with E-state index in [0.717, 1.165) is 0 Å². The second kappa shape index (κ2) is 3.71. The Morgan fingerprint density at radius 2 is 2.00 bits per heavy atom. The molecular formula is C11H11ClFNO2. The Morgan fingerprint density at radius 3 is 2.69 bits per heavy atom. The van der Waals surface area contributed by atoms with Gasteiger partial charge in [-0.1, -0.05) is 12.1 Å². The number of carbonyl (C=O) groups excluding carboxylic acids is 1. The van der Waals surface area contributed by atoms with E-state index in [1.54, 1.807) is 18.2 Å². The normalized spacial score (nSPS) is 21.7. The smallest absolute Gasteiger partial charge is 0.170 e. The SMILES string of the molecule is Cl.O=C1CC2(CN(F)C2)Oc2ccccc21. The van der Waals surface area contributed by atoms with Crippen LogP contribution in [-0.4, -0.2) is 29.6 Å². The van der Waals surface area contributed by atoms with Gasteiger partial charge < -0.3 is 4.74 Å². The number of ketones is 1. The maximum atomic E-state index is 12.7. The highest BCUT2D eigenvalue weighted by Gasteiger charge is 2.50. The van der Waals surface area contributed by atoms with Crippen molar-refractivity contribution in [3.05, 3.63) is 29.8 Å². The zero-order valence-electron chi connectivity index (χ0n) is 8.48. The Kier molecular flexibility index (Phi) is 2.64. The molecule has 1 aromatic rings. The zero-order valence-corrected chi connectivity index (χ0v) is 9.30. The molecule has 3 rings (SSSR count). The molecule has 2 aliphatic rings. The molecule has 1 fully saturated rings. The molecule has 0 aliphatic carbocycles. The number of hydrogen-bond acceptors (Lipinski definition) is 3. The minimum atomic E-state index is -0.611. The van der Waals surface area contributed by atoms with Crippen molar-refractivity contribution in [3.8, 4) is 5.75 Å². The van der Waals surface area contributed by atoms with Crippen molar-refractivity contribution in [2.45, 2.75) is 12.0 Å². The number of halogens is 2. The van der Waals surface area contributed by atoms with Crippen LogP contribution in [0, 0.1) is 0 Å². The van der Waals surface area contributed by atoms with Crippen molar-refractivity contribution >= 4 is 18.2 Å². The summed E-state index contributed by atoms with van der Waals surface area (Å²) >= 11 is 0. The van der Waals surface area contributed by atoms with Crippen molar-refractivity contribution in [2.24, 2.45) is 0 Å².